The molecular weight excluding hydrogens is 372 g/mol. The van der Waals surface area contributed by atoms with Crippen LogP contribution in [0.4, 0.5) is 5.00 Å². The number of carbonyl (C=O) groups excluding carboxylic acids is 2. The quantitative estimate of drug-likeness (QED) is 0.766. The van der Waals surface area contributed by atoms with E-state index in [-0.39, 0.29) is 11.3 Å². The minimum absolute atomic E-state index is 0.206. The standard InChI is InChI=1S/C22H28N2O3S/c1-5-27-15-8-6-7-13(11-15)20(26)24-21-18(19(23)25)16-10-9-14(22(2,3)4)12-17(16)28-21/h6-8,11,14H,5,9-10,12H2,1-4H3,(H2,23,25)(H,24,26). The molecule has 0 fully saturated rings. The third-order valence-corrected chi connectivity index (χ3v) is 6.54. The highest BCUT2D eigenvalue weighted by atomic mass is 32.1. The van der Waals surface area contributed by atoms with Gasteiger partial charge in [-0.3, -0.25) is 9.59 Å². The zero-order valence-electron chi connectivity index (χ0n) is 16.9. The maximum atomic E-state index is 12.8. The van der Waals surface area contributed by atoms with Gasteiger partial charge in [0.05, 0.1) is 12.2 Å². The lowest BCUT2D eigenvalue weighted by molar-refractivity contribution is 0.1000. The minimum atomic E-state index is -0.481. The van der Waals surface area contributed by atoms with Gasteiger partial charge < -0.3 is 15.8 Å². The Morgan fingerprint density at radius 2 is 2.07 bits per heavy atom. The molecule has 0 saturated carbocycles. The number of benzene rings is 1. The first-order chi connectivity index (χ1) is 13.2. The molecule has 2 amide bonds. The van der Waals surface area contributed by atoms with E-state index < -0.39 is 5.91 Å². The second kappa shape index (κ2) is 7.95. The summed E-state index contributed by atoms with van der Waals surface area (Å²) in [7, 11) is 0. The summed E-state index contributed by atoms with van der Waals surface area (Å²) in [6.45, 7) is 9.17. The molecular formula is C22H28N2O3S. The van der Waals surface area contributed by atoms with Crippen molar-refractivity contribution in [2.75, 3.05) is 11.9 Å². The predicted octanol–water partition coefficient (Wildman–Crippen LogP) is 4.65. The molecule has 2 aromatic rings. The molecule has 6 heteroatoms. The molecule has 0 aliphatic heterocycles. The third kappa shape index (κ3) is 4.22. The molecule has 0 bridgehead atoms. The molecule has 1 aliphatic rings. The van der Waals surface area contributed by atoms with Crippen molar-refractivity contribution < 1.29 is 14.3 Å². The highest BCUT2D eigenvalue weighted by Crippen LogP contribution is 2.44. The molecule has 1 aromatic carbocycles. The van der Waals surface area contributed by atoms with Gasteiger partial charge in [-0.15, -0.1) is 11.3 Å². The third-order valence-electron chi connectivity index (χ3n) is 5.37. The molecule has 3 rings (SSSR count). The molecule has 1 unspecified atom stereocenters. The van der Waals surface area contributed by atoms with Gasteiger partial charge in [0, 0.05) is 10.4 Å². The average molecular weight is 401 g/mol. The monoisotopic (exact) mass is 400 g/mol. The van der Waals surface area contributed by atoms with Crippen molar-refractivity contribution in [2.45, 2.75) is 47.0 Å². The van der Waals surface area contributed by atoms with Gasteiger partial charge in [-0.1, -0.05) is 26.8 Å². The highest BCUT2D eigenvalue weighted by molar-refractivity contribution is 7.17. The number of nitrogens with one attached hydrogen (secondary N) is 1. The summed E-state index contributed by atoms with van der Waals surface area (Å²) in [4.78, 5) is 26.1. The van der Waals surface area contributed by atoms with E-state index in [0.717, 1.165) is 24.8 Å². The lowest BCUT2D eigenvalue weighted by atomic mass is 9.72. The molecule has 1 heterocycles. The normalized spacial score (nSPS) is 16.4. The van der Waals surface area contributed by atoms with E-state index >= 15 is 0 Å². The Labute approximate surface area is 170 Å². The Morgan fingerprint density at radius 3 is 2.71 bits per heavy atom. The van der Waals surface area contributed by atoms with Crippen LogP contribution in [0.25, 0.3) is 0 Å². The summed E-state index contributed by atoms with van der Waals surface area (Å²) in [6, 6.07) is 7.02. The van der Waals surface area contributed by atoms with Crippen molar-refractivity contribution in [1.82, 2.24) is 0 Å². The summed E-state index contributed by atoms with van der Waals surface area (Å²) in [5.41, 5.74) is 7.85. The molecule has 1 aromatic heterocycles. The fourth-order valence-electron chi connectivity index (χ4n) is 3.74. The summed E-state index contributed by atoms with van der Waals surface area (Å²) in [5, 5.41) is 3.47. The zero-order valence-corrected chi connectivity index (χ0v) is 17.7. The van der Waals surface area contributed by atoms with E-state index in [1.807, 2.05) is 13.0 Å². The number of ether oxygens (including phenoxy) is 1. The maximum absolute atomic E-state index is 12.8. The number of primary amides is 1. The Hall–Kier alpha value is -2.34. The van der Waals surface area contributed by atoms with Crippen molar-refractivity contribution in [3.8, 4) is 5.75 Å². The van der Waals surface area contributed by atoms with Crippen molar-refractivity contribution in [3.05, 3.63) is 45.8 Å². The second-order valence-electron chi connectivity index (χ2n) is 8.29. The van der Waals surface area contributed by atoms with E-state index in [2.05, 4.69) is 26.1 Å². The average Bonchev–Trinajstić information content (AvgIpc) is 2.98. The first-order valence-corrected chi connectivity index (χ1v) is 10.5. The fraction of sp³-hybridized carbons (Fsp3) is 0.455. The number of hydrogen-bond acceptors (Lipinski definition) is 4. The van der Waals surface area contributed by atoms with Crippen LogP contribution in [0.15, 0.2) is 24.3 Å². The summed E-state index contributed by atoms with van der Waals surface area (Å²) in [6.07, 6.45) is 2.76. The zero-order chi connectivity index (χ0) is 20.5. The molecule has 1 atom stereocenters. The van der Waals surface area contributed by atoms with Gasteiger partial charge in [-0.05, 0) is 61.3 Å². The Balaban J connectivity index is 1.88. The van der Waals surface area contributed by atoms with Gasteiger partial charge in [0.1, 0.15) is 10.8 Å². The van der Waals surface area contributed by atoms with Gasteiger partial charge in [-0.25, -0.2) is 0 Å². The number of hydrogen-bond donors (Lipinski definition) is 2. The molecule has 0 radical (unpaired) electrons. The Morgan fingerprint density at radius 1 is 1.32 bits per heavy atom. The number of thiophene rings is 1. The number of carbonyl (C=O) groups is 2. The smallest absolute Gasteiger partial charge is 0.256 e. The van der Waals surface area contributed by atoms with Crippen LogP contribution in [0, 0.1) is 11.3 Å². The van der Waals surface area contributed by atoms with E-state index in [9.17, 15) is 9.59 Å². The molecule has 5 nitrogen and oxygen atoms in total. The van der Waals surface area contributed by atoms with Crippen molar-refractivity contribution in [2.24, 2.45) is 17.1 Å². The Kier molecular flexibility index (Phi) is 5.79. The van der Waals surface area contributed by atoms with E-state index in [1.165, 1.54) is 16.2 Å². The lowest BCUT2D eigenvalue weighted by Gasteiger charge is -2.33. The van der Waals surface area contributed by atoms with Crippen LogP contribution in [0.3, 0.4) is 0 Å². The number of rotatable bonds is 5. The second-order valence-corrected chi connectivity index (χ2v) is 9.40. The number of fused-ring (bicyclic) bond motifs is 1. The molecule has 1 aliphatic carbocycles. The lowest BCUT2D eigenvalue weighted by Crippen LogP contribution is -2.27. The van der Waals surface area contributed by atoms with Crippen molar-refractivity contribution in [3.63, 3.8) is 0 Å². The molecule has 0 spiro atoms. The van der Waals surface area contributed by atoms with Gasteiger partial charge in [0.2, 0.25) is 0 Å². The van der Waals surface area contributed by atoms with Crippen LogP contribution in [0.2, 0.25) is 0 Å². The van der Waals surface area contributed by atoms with Gasteiger partial charge >= 0.3 is 0 Å². The van der Waals surface area contributed by atoms with Crippen molar-refractivity contribution >= 4 is 28.2 Å². The molecule has 3 N–H and O–H groups in total. The molecule has 0 saturated heterocycles. The summed E-state index contributed by atoms with van der Waals surface area (Å²) in [5.74, 6) is 0.440. The van der Waals surface area contributed by atoms with Crippen molar-refractivity contribution in [1.29, 1.82) is 0 Å². The number of anilines is 1. The molecule has 28 heavy (non-hydrogen) atoms. The van der Waals surface area contributed by atoms with Crippen LogP contribution < -0.4 is 15.8 Å². The van der Waals surface area contributed by atoms with E-state index in [4.69, 9.17) is 10.5 Å². The van der Waals surface area contributed by atoms with E-state index in [1.54, 1.807) is 18.2 Å². The summed E-state index contributed by atoms with van der Waals surface area (Å²) < 4.78 is 5.47. The number of amides is 2. The SMILES string of the molecule is CCOc1cccc(C(=O)Nc2sc3c(c2C(N)=O)CCC(C(C)(C)C)C3)c1. The Bertz CT molecular complexity index is 896. The van der Waals surface area contributed by atoms with Gasteiger partial charge in [0.25, 0.3) is 11.8 Å². The predicted molar refractivity (Wildman–Crippen MR) is 113 cm³/mol. The van der Waals surface area contributed by atoms with Crippen LogP contribution in [0.5, 0.6) is 5.75 Å². The largest absolute Gasteiger partial charge is 0.494 e. The maximum Gasteiger partial charge on any atom is 0.256 e. The van der Waals surface area contributed by atoms with Gasteiger partial charge in [-0.2, -0.15) is 0 Å². The first kappa shape index (κ1) is 20.4. The topological polar surface area (TPSA) is 81.4 Å². The first-order valence-electron chi connectivity index (χ1n) is 9.69. The van der Waals surface area contributed by atoms with Crippen LogP contribution >= 0.6 is 11.3 Å². The van der Waals surface area contributed by atoms with E-state index in [0.29, 0.717) is 34.4 Å². The van der Waals surface area contributed by atoms with Gasteiger partial charge in [0.15, 0.2) is 0 Å². The number of nitrogens with two attached hydrogens (primary N) is 1. The fourth-order valence-corrected chi connectivity index (χ4v) is 5.07. The molecule has 150 valence electrons. The van der Waals surface area contributed by atoms with Crippen LogP contribution in [0.1, 0.15) is 65.3 Å². The van der Waals surface area contributed by atoms with Crippen LogP contribution in [-0.2, 0) is 12.8 Å². The summed E-state index contributed by atoms with van der Waals surface area (Å²) >= 11 is 1.48. The van der Waals surface area contributed by atoms with Crippen LogP contribution in [-0.4, -0.2) is 18.4 Å². The minimum Gasteiger partial charge on any atom is -0.494 e. The highest BCUT2D eigenvalue weighted by Gasteiger charge is 2.33.